The predicted octanol–water partition coefficient (Wildman–Crippen LogP) is 2.66. The molecule has 1 atom stereocenters. The summed E-state index contributed by atoms with van der Waals surface area (Å²) >= 11 is 5.74. The molecule has 0 aliphatic carbocycles. The highest BCUT2D eigenvalue weighted by molar-refractivity contribution is 6.21. The van der Waals surface area contributed by atoms with Crippen molar-refractivity contribution in [3.8, 4) is 5.75 Å². The first-order valence-electron chi connectivity index (χ1n) is 3.44. The van der Waals surface area contributed by atoms with Gasteiger partial charge in [0.2, 0.25) is 0 Å². The molecule has 0 N–H and O–H groups in total. The molecule has 1 heterocycles. The van der Waals surface area contributed by atoms with E-state index < -0.39 is 0 Å². The van der Waals surface area contributed by atoms with Crippen molar-refractivity contribution in [1.29, 1.82) is 0 Å². The molecule has 2 heteroatoms. The fourth-order valence-electron chi connectivity index (χ4n) is 1.07. The number of hydrogen-bond donors (Lipinski definition) is 0. The zero-order chi connectivity index (χ0) is 7.68. The number of alkyl halides is 1. The SMILES string of the molecule is ClC1C=Cc2ccccc2O1. The van der Waals surface area contributed by atoms with Crippen molar-refractivity contribution in [2.45, 2.75) is 5.56 Å². The number of hydrogen-bond acceptors (Lipinski definition) is 1. The zero-order valence-electron chi connectivity index (χ0n) is 5.83. The van der Waals surface area contributed by atoms with Gasteiger partial charge in [-0.3, -0.25) is 0 Å². The molecule has 0 spiro atoms. The van der Waals surface area contributed by atoms with Crippen LogP contribution < -0.4 is 4.74 Å². The van der Waals surface area contributed by atoms with Crippen LogP contribution in [0.2, 0.25) is 0 Å². The Bertz CT molecular complexity index is 293. The lowest BCUT2D eigenvalue weighted by atomic mass is 10.1. The Balaban J connectivity index is 2.46. The third-order valence-corrected chi connectivity index (χ3v) is 1.82. The number of para-hydroxylation sites is 1. The molecule has 0 fully saturated rings. The van der Waals surface area contributed by atoms with Gasteiger partial charge in [0.05, 0.1) is 0 Å². The minimum atomic E-state index is -0.315. The van der Waals surface area contributed by atoms with Crippen LogP contribution in [0.4, 0.5) is 0 Å². The van der Waals surface area contributed by atoms with Gasteiger partial charge in [0, 0.05) is 5.56 Å². The van der Waals surface area contributed by atoms with Crippen molar-refractivity contribution in [2.75, 3.05) is 0 Å². The van der Waals surface area contributed by atoms with Crippen molar-refractivity contribution in [1.82, 2.24) is 0 Å². The van der Waals surface area contributed by atoms with E-state index in [2.05, 4.69) is 0 Å². The Hall–Kier alpha value is -0.950. The van der Waals surface area contributed by atoms with Gasteiger partial charge in [0.25, 0.3) is 0 Å². The monoisotopic (exact) mass is 166 g/mol. The van der Waals surface area contributed by atoms with Crippen LogP contribution in [0.15, 0.2) is 30.3 Å². The third kappa shape index (κ3) is 1.24. The summed E-state index contributed by atoms with van der Waals surface area (Å²) in [6, 6.07) is 7.81. The molecule has 1 aliphatic rings. The molecule has 1 aromatic rings. The van der Waals surface area contributed by atoms with E-state index in [1.54, 1.807) is 0 Å². The van der Waals surface area contributed by atoms with E-state index in [4.69, 9.17) is 16.3 Å². The standard InChI is InChI=1S/C9H7ClO/c10-9-6-5-7-3-1-2-4-8(7)11-9/h1-6,9H. The Labute approximate surface area is 70.2 Å². The van der Waals surface area contributed by atoms with Crippen LogP contribution in [0.25, 0.3) is 6.08 Å². The van der Waals surface area contributed by atoms with Crippen molar-refractivity contribution in [2.24, 2.45) is 0 Å². The van der Waals surface area contributed by atoms with E-state index in [0.29, 0.717) is 0 Å². The second-order valence-electron chi connectivity index (χ2n) is 2.37. The lowest BCUT2D eigenvalue weighted by Gasteiger charge is -2.15. The average molecular weight is 167 g/mol. The van der Waals surface area contributed by atoms with Gasteiger partial charge in [-0.15, -0.1) is 0 Å². The molecule has 0 saturated heterocycles. The molecule has 56 valence electrons. The molecule has 1 aliphatic heterocycles. The van der Waals surface area contributed by atoms with Gasteiger partial charge in [0.1, 0.15) is 5.75 Å². The zero-order valence-corrected chi connectivity index (χ0v) is 6.58. The van der Waals surface area contributed by atoms with Crippen molar-refractivity contribution in [3.63, 3.8) is 0 Å². The third-order valence-electron chi connectivity index (χ3n) is 1.59. The molecule has 11 heavy (non-hydrogen) atoms. The Morgan fingerprint density at radius 1 is 1.27 bits per heavy atom. The quantitative estimate of drug-likeness (QED) is 0.539. The molecule has 0 aromatic heterocycles. The summed E-state index contributed by atoms with van der Waals surface area (Å²) in [5.74, 6) is 0.856. The molecular formula is C9H7ClO. The van der Waals surface area contributed by atoms with E-state index in [-0.39, 0.29) is 5.56 Å². The van der Waals surface area contributed by atoms with E-state index in [1.165, 1.54) is 0 Å². The predicted molar refractivity (Wildman–Crippen MR) is 45.7 cm³/mol. The number of fused-ring (bicyclic) bond motifs is 1. The largest absolute Gasteiger partial charge is 0.470 e. The Kier molecular flexibility index (Phi) is 1.59. The first-order valence-corrected chi connectivity index (χ1v) is 3.88. The number of benzene rings is 1. The van der Waals surface area contributed by atoms with E-state index in [1.807, 2.05) is 36.4 Å². The number of halogens is 1. The molecular weight excluding hydrogens is 160 g/mol. The second-order valence-corrected chi connectivity index (χ2v) is 2.80. The molecule has 1 aromatic carbocycles. The van der Waals surface area contributed by atoms with Crippen LogP contribution in [-0.2, 0) is 0 Å². The van der Waals surface area contributed by atoms with Gasteiger partial charge in [-0.2, -0.15) is 0 Å². The highest BCUT2D eigenvalue weighted by Crippen LogP contribution is 2.26. The van der Waals surface area contributed by atoms with E-state index in [9.17, 15) is 0 Å². The molecule has 1 unspecified atom stereocenters. The maximum atomic E-state index is 5.74. The summed E-state index contributed by atoms with van der Waals surface area (Å²) < 4.78 is 5.31. The normalized spacial score (nSPS) is 20.6. The van der Waals surface area contributed by atoms with Gasteiger partial charge in [-0.25, -0.2) is 0 Å². The fraction of sp³-hybridized carbons (Fsp3) is 0.111. The lowest BCUT2D eigenvalue weighted by Crippen LogP contribution is -2.08. The van der Waals surface area contributed by atoms with Crippen LogP contribution in [0.3, 0.4) is 0 Å². The van der Waals surface area contributed by atoms with Gasteiger partial charge < -0.3 is 4.74 Å². The van der Waals surface area contributed by atoms with Crippen LogP contribution in [0, 0.1) is 0 Å². The van der Waals surface area contributed by atoms with Crippen molar-refractivity contribution >= 4 is 17.7 Å². The molecule has 0 amide bonds. The summed E-state index contributed by atoms with van der Waals surface area (Å²) in [4.78, 5) is 0. The summed E-state index contributed by atoms with van der Waals surface area (Å²) in [5.41, 5.74) is 0.772. The van der Waals surface area contributed by atoms with Crippen LogP contribution in [0.1, 0.15) is 5.56 Å². The average Bonchev–Trinajstić information content (AvgIpc) is 2.04. The topological polar surface area (TPSA) is 9.23 Å². The summed E-state index contributed by atoms with van der Waals surface area (Å²) in [7, 11) is 0. The lowest BCUT2D eigenvalue weighted by molar-refractivity contribution is 0.322. The minimum Gasteiger partial charge on any atom is -0.470 e. The number of ether oxygens (including phenoxy) is 1. The van der Waals surface area contributed by atoms with E-state index in [0.717, 1.165) is 11.3 Å². The molecule has 0 radical (unpaired) electrons. The minimum absolute atomic E-state index is 0.315. The Morgan fingerprint density at radius 2 is 2.09 bits per heavy atom. The first kappa shape index (κ1) is 6.74. The fourth-order valence-corrected chi connectivity index (χ4v) is 1.23. The Morgan fingerprint density at radius 3 is 3.00 bits per heavy atom. The summed E-state index contributed by atoms with van der Waals surface area (Å²) in [6.07, 6.45) is 3.79. The smallest absolute Gasteiger partial charge is 0.191 e. The number of rotatable bonds is 0. The highest BCUT2D eigenvalue weighted by atomic mass is 35.5. The molecule has 0 bridgehead atoms. The summed E-state index contributed by atoms with van der Waals surface area (Å²) in [5, 5.41) is 0. The van der Waals surface area contributed by atoms with Gasteiger partial charge in [0.15, 0.2) is 5.56 Å². The maximum absolute atomic E-state index is 5.74. The van der Waals surface area contributed by atoms with Gasteiger partial charge in [-0.1, -0.05) is 35.9 Å². The molecule has 2 rings (SSSR count). The maximum Gasteiger partial charge on any atom is 0.191 e. The highest BCUT2D eigenvalue weighted by Gasteiger charge is 2.09. The van der Waals surface area contributed by atoms with Crippen molar-refractivity contribution < 1.29 is 4.74 Å². The van der Waals surface area contributed by atoms with Gasteiger partial charge in [-0.05, 0) is 12.1 Å². The molecule has 0 saturated carbocycles. The first-order chi connectivity index (χ1) is 5.36. The van der Waals surface area contributed by atoms with Crippen LogP contribution in [0.5, 0.6) is 5.75 Å². The van der Waals surface area contributed by atoms with Crippen LogP contribution >= 0.6 is 11.6 Å². The van der Waals surface area contributed by atoms with E-state index >= 15 is 0 Å². The van der Waals surface area contributed by atoms with Gasteiger partial charge >= 0.3 is 0 Å². The van der Waals surface area contributed by atoms with Crippen LogP contribution in [-0.4, -0.2) is 5.56 Å². The molecule has 1 nitrogen and oxygen atoms in total. The second kappa shape index (κ2) is 2.59. The summed E-state index contributed by atoms with van der Waals surface area (Å²) in [6.45, 7) is 0. The van der Waals surface area contributed by atoms with Crippen molar-refractivity contribution in [3.05, 3.63) is 35.9 Å².